The van der Waals surface area contributed by atoms with Crippen LogP contribution in [0.15, 0.2) is 53.4 Å². The number of rotatable bonds is 8. The Hall–Kier alpha value is -1.63. The number of amides is 1. The van der Waals surface area contributed by atoms with Gasteiger partial charge in [-0.15, -0.1) is 24.2 Å². The maximum Gasteiger partial charge on any atom is 0.237 e. The molecule has 3 nitrogen and oxygen atoms in total. The fourth-order valence-corrected chi connectivity index (χ4v) is 3.23. The van der Waals surface area contributed by atoms with Gasteiger partial charge >= 0.3 is 0 Å². The van der Waals surface area contributed by atoms with Gasteiger partial charge in [0.15, 0.2) is 11.6 Å². The molecule has 0 aliphatic carbocycles. The molecule has 0 radical (unpaired) electrons. The van der Waals surface area contributed by atoms with Gasteiger partial charge in [0.2, 0.25) is 5.91 Å². The highest BCUT2D eigenvalue weighted by Gasteiger charge is 2.22. The molecule has 1 unspecified atom stereocenters. The molecule has 2 rings (SSSR count). The van der Waals surface area contributed by atoms with Crippen molar-refractivity contribution in [2.75, 3.05) is 13.1 Å². The van der Waals surface area contributed by atoms with Gasteiger partial charge in [-0.3, -0.25) is 4.79 Å². The zero-order valence-corrected chi connectivity index (χ0v) is 15.2. The Morgan fingerprint density at radius 1 is 1.08 bits per heavy atom. The van der Waals surface area contributed by atoms with Crippen molar-refractivity contribution in [3.63, 3.8) is 0 Å². The second-order valence-electron chi connectivity index (χ2n) is 5.27. The molecule has 0 fully saturated rings. The van der Waals surface area contributed by atoms with Gasteiger partial charge in [-0.05, 0) is 43.1 Å². The van der Waals surface area contributed by atoms with E-state index in [9.17, 15) is 13.6 Å². The molecule has 1 atom stereocenters. The summed E-state index contributed by atoms with van der Waals surface area (Å²) >= 11 is 1.19. The van der Waals surface area contributed by atoms with E-state index in [0.717, 1.165) is 30.5 Å². The van der Waals surface area contributed by atoms with E-state index in [-0.39, 0.29) is 18.3 Å². The predicted molar refractivity (Wildman–Crippen MR) is 99.9 cm³/mol. The highest BCUT2D eigenvalue weighted by Crippen LogP contribution is 2.35. The van der Waals surface area contributed by atoms with Crippen LogP contribution in [0.1, 0.15) is 23.7 Å². The first-order valence-corrected chi connectivity index (χ1v) is 8.64. The van der Waals surface area contributed by atoms with E-state index in [4.69, 9.17) is 5.73 Å². The first kappa shape index (κ1) is 21.4. The molecule has 2 aromatic carbocycles. The van der Waals surface area contributed by atoms with Crippen molar-refractivity contribution in [1.82, 2.24) is 5.32 Å². The number of halogens is 3. The quantitative estimate of drug-likeness (QED) is 0.531. The van der Waals surface area contributed by atoms with Crippen LogP contribution in [-0.4, -0.2) is 19.0 Å². The summed E-state index contributed by atoms with van der Waals surface area (Å²) < 4.78 is 26.5. The molecule has 136 valence electrons. The van der Waals surface area contributed by atoms with Crippen molar-refractivity contribution in [2.45, 2.75) is 23.0 Å². The van der Waals surface area contributed by atoms with Gasteiger partial charge in [-0.1, -0.05) is 30.3 Å². The van der Waals surface area contributed by atoms with Gasteiger partial charge < -0.3 is 11.1 Å². The summed E-state index contributed by atoms with van der Waals surface area (Å²) in [5.41, 5.74) is 6.25. The number of hydrogen-bond acceptors (Lipinski definition) is 3. The monoisotopic (exact) mass is 386 g/mol. The summed E-state index contributed by atoms with van der Waals surface area (Å²) in [6.07, 6.45) is 1.65. The summed E-state index contributed by atoms with van der Waals surface area (Å²) in [7, 11) is 0. The highest BCUT2D eigenvalue weighted by atomic mass is 35.5. The number of unbranched alkanes of at least 4 members (excludes halogenated alkanes) is 1. The van der Waals surface area contributed by atoms with Gasteiger partial charge in [0, 0.05) is 11.4 Å². The maximum absolute atomic E-state index is 13.4. The Bertz CT molecular complexity index is 673. The van der Waals surface area contributed by atoms with Crippen LogP contribution in [0.25, 0.3) is 0 Å². The number of nitrogens with one attached hydrogen (secondary N) is 1. The van der Waals surface area contributed by atoms with Gasteiger partial charge in [0.05, 0.1) is 0 Å². The molecular formula is C18H21ClF2N2OS. The van der Waals surface area contributed by atoms with E-state index in [1.165, 1.54) is 17.8 Å². The number of benzene rings is 2. The summed E-state index contributed by atoms with van der Waals surface area (Å²) in [5, 5.41) is 2.35. The lowest BCUT2D eigenvalue weighted by Crippen LogP contribution is -2.29. The summed E-state index contributed by atoms with van der Waals surface area (Å²) in [6.45, 7) is 1.12. The van der Waals surface area contributed by atoms with Crippen molar-refractivity contribution in [1.29, 1.82) is 0 Å². The number of thioether (sulfide) groups is 1. The fraction of sp³-hybridized carbons (Fsp3) is 0.278. The second-order valence-corrected chi connectivity index (χ2v) is 6.45. The van der Waals surface area contributed by atoms with Crippen LogP contribution < -0.4 is 11.1 Å². The largest absolute Gasteiger partial charge is 0.355 e. The van der Waals surface area contributed by atoms with E-state index >= 15 is 0 Å². The van der Waals surface area contributed by atoms with Crippen LogP contribution in [0.5, 0.6) is 0 Å². The first-order chi connectivity index (χ1) is 11.6. The van der Waals surface area contributed by atoms with Gasteiger partial charge in [-0.25, -0.2) is 8.78 Å². The molecule has 0 bridgehead atoms. The van der Waals surface area contributed by atoms with Crippen LogP contribution in [0, 0.1) is 11.6 Å². The zero-order valence-electron chi connectivity index (χ0n) is 13.6. The summed E-state index contributed by atoms with van der Waals surface area (Å²) in [5.74, 6) is -1.98. The van der Waals surface area contributed by atoms with Crippen molar-refractivity contribution >= 4 is 30.1 Å². The van der Waals surface area contributed by atoms with Crippen LogP contribution in [0.2, 0.25) is 0 Å². The third-order valence-corrected chi connectivity index (χ3v) is 4.66. The van der Waals surface area contributed by atoms with Crippen LogP contribution in [-0.2, 0) is 4.79 Å². The Morgan fingerprint density at radius 2 is 1.80 bits per heavy atom. The Morgan fingerprint density at radius 3 is 2.44 bits per heavy atom. The van der Waals surface area contributed by atoms with Gasteiger partial charge in [-0.2, -0.15) is 0 Å². The number of carbonyl (C=O) groups is 1. The molecule has 3 N–H and O–H groups in total. The van der Waals surface area contributed by atoms with Crippen molar-refractivity contribution in [2.24, 2.45) is 5.73 Å². The molecule has 7 heteroatoms. The van der Waals surface area contributed by atoms with E-state index < -0.39 is 16.9 Å². The van der Waals surface area contributed by atoms with Crippen LogP contribution in [0.4, 0.5) is 8.78 Å². The third-order valence-electron chi connectivity index (χ3n) is 3.42. The van der Waals surface area contributed by atoms with Crippen molar-refractivity contribution < 1.29 is 13.6 Å². The van der Waals surface area contributed by atoms with Gasteiger partial charge in [0.1, 0.15) is 5.25 Å². The lowest BCUT2D eigenvalue weighted by Gasteiger charge is -2.17. The normalized spacial score (nSPS) is 11.5. The Labute approximate surface area is 156 Å². The molecule has 2 aromatic rings. The smallest absolute Gasteiger partial charge is 0.237 e. The fourth-order valence-electron chi connectivity index (χ4n) is 2.16. The van der Waals surface area contributed by atoms with Crippen LogP contribution >= 0.6 is 24.2 Å². The maximum atomic E-state index is 13.4. The number of carbonyl (C=O) groups excluding carboxylic acids is 1. The molecule has 0 spiro atoms. The molecule has 0 aliphatic rings. The third kappa shape index (κ3) is 6.65. The topological polar surface area (TPSA) is 55.1 Å². The lowest BCUT2D eigenvalue weighted by atomic mass is 10.1. The minimum Gasteiger partial charge on any atom is -0.355 e. The SMILES string of the molecule is Cl.NCCCCNC(=O)C(Sc1ccc(F)c(F)c1)c1ccccc1. The summed E-state index contributed by atoms with van der Waals surface area (Å²) in [4.78, 5) is 13.0. The predicted octanol–water partition coefficient (Wildman–Crippen LogP) is 4.08. The molecule has 0 heterocycles. The van der Waals surface area contributed by atoms with Gasteiger partial charge in [0.25, 0.3) is 0 Å². The molecule has 0 saturated heterocycles. The lowest BCUT2D eigenvalue weighted by molar-refractivity contribution is -0.120. The number of hydrogen-bond donors (Lipinski definition) is 2. The van der Waals surface area contributed by atoms with E-state index in [0.29, 0.717) is 18.0 Å². The average Bonchev–Trinajstić information content (AvgIpc) is 2.60. The van der Waals surface area contributed by atoms with Crippen molar-refractivity contribution in [3.05, 3.63) is 65.7 Å². The standard InChI is InChI=1S/C18H20F2N2OS.ClH/c19-15-9-8-14(12-16(15)20)24-17(13-6-2-1-3-7-13)18(23)22-11-5-4-10-21;/h1-3,6-9,12,17H,4-5,10-11,21H2,(H,22,23);1H. The van der Waals surface area contributed by atoms with E-state index in [2.05, 4.69) is 5.32 Å². The first-order valence-electron chi connectivity index (χ1n) is 7.76. The second kappa shape index (κ2) is 11.1. The van der Waals surface area contributed by atoms with Crippen LogP contribution in [0.3, 0.4) is 0 Å². The molecule has 0 saturated carbocycles. The minimum atomic E-state index is -0.921. The Kier molecular flexibility index (Phi) is 9.49. The zero-order chi connectivity index (χ0) is 17.4. The molecule has 1 amide bonds. The summed E-state index contributed by atoms with van der Waals surface area (Å²) in [6, 6.07) is 12.9. The minimum absolute atomic E-state index is 0. The van der Waals surface area contributed by atoms with Crippen molar-refractivity contribution in [3.8, 4) is 0 Å². The average molecular weight is 387 g/mol. The molecule has 25 heavy (non-hydrogen) atoms. The highest BCUT2D eigenvalue weighted by molar-refractivity contribution is 8.00. The van der Waals surface area contributed by atoms with E-state index in [1.54, 1.807) is 0 Å². The molecule has 0 aromatic heterocycles. The Balaban J connectivity index is 0.00000312. The number of nitrogens with two attached hydrogens (primary N) is 1. The molecular weight excluding hydrogens is 366 g/mol. The van der Waals surface area contributed by atoms with E-state index in [1.807, 2.05) is 30.3 Å². The molecule has 0 aliphatic heterocycles.